The Kier molecular flexibility index (Phi) is 4.75. The molecule has 94 valence electrons. The minimum atomic E-state index is -0.302. The third kappa shape index (κ3) is 3.62. The van der Waals surface area contributed by atoms with Gasteiger partial charge >= 0.3 is 6.03 Å². The number of hydrogen-bond donors (Lipinski definition) is 1. The molecule has 0 aromatic heterocycles. The largest absolute Gasteiger partial charge is 0.496 e. The van der Waals surface area contributed by atoms with Gasteiger partial charge in [-0.15, -0.1) is 0 Å². The molecule has 1 rings (SSSR count). The van der Waals surface area contributed by atoms with Crippen LogP contribution in [0.4, 0.5) is 9.18 Å². The van der Waals surface area contributed by atoms with Crippen LogP contribution in [0.3, 0.4) is 0 Å². The number of rotatable bonds is 4. The van der Waals surface area contributed by atoms with Crippen molar-refractivity contribution >= 4 is 6.03 Å². The van der Waals surface area contributed by atoms with Crippen LogP contribution in [0.5, 0.6) is 5.75 Å². The lowest BCUT2D eigenvalue weighted by molar-refractivity contribution is 0.211. The number of ether oxygens (including phenoxy) is 1. The summed E-state index contributed by atoms with van der Waals surface area (Å²) in [4.78, 5) is 12.8. The van der Waals surface area contributed by atoms with E-state index < -0.39 is 0 Å². The number of amides is 2. The van der Waals surface area contributed by atoms with Crippen LogP contribution < -0.4 is 10.1 Å². The molecule has 0 spiro atoms. The van der Waals surface area contributed by atoms with Crippen LogP contribution in [0, 0.1) is 5.82 Å². The molecule has 4 nitrogen and oxygen atoms in total. The number of carbonyl (C=O) groups is 1. The number of halogens is 1. The van der Waals surface area contributed by atoms with E-state index in [0.29, 0.717) is 18.7 Å². The lowest BCUT2D eigenvalue weighted by Crippen LogP contribution is -2.36. The third-order valence-corrected chi connectivity index (χ3v) is 2.52. The molecule has 0 aliphatic rings. The molecule has 17 heavy (non-hydrogen) atoms. The Bertz CT molecular complexity index is 396. The fourth-order valence-corrected chi connectivity index (χ4v) is 1.52. The van der Waals surface area contributed by atoms with Gasteiger partial charge in [-0.2, -0.15) is 0 Å². The van der Waals surface area contributed by atoms with E-state index in [4.69, 9.17) is 4.74 Å². The van der Waals surface area contributed by atoms with Gasteiger partial charge in [0.1, 0.15) is 11.6 Å². The maximum Gasteiger partial charge on any atom is 0.316 e. The van der Waals surface area contributed by atoms with Crippen LogP contribution in [0.15, 0.2) is 18.2 Å². The van der Waals surface area contributed by atoms with Gasteiger partial charge in [0.2, 0.25) is 0 Å². The molecule has 0 bridgehead atoms. The maximum atomic E-state index is 13.1. The molecule has 5 heteroatoms. The fourth-order valence-electron chi connectivity index (χ4n) is 1.52. The number of urea groups is 1. The molecule has 0 saturated heterocycles. The second kappa shape index (κ2) is 6.08. The number of nitrogens with one attached hydrogen (secondary N) is 1. The van der Waals surface area contributed by atoms with Crippen molar-refractivity contribution < 1.29 is 13.9 Å². The first-order chi connectivity index (χ1) is 8.08. The number of nitrogens with zero attached hydrogens (tertiary/aromatic N) is 1. The topological polar surface area (TPSA) is 41.6 Å². The number of benzene rings is 1. The van der Waals surface area contributed by atoms with Crippen molar-refractivity contribution in [3.63, 3.8) is 0 Å². The zero-order valence-corrected chi connectivity index (χ0v) is 10.3. The second-order valence-corrected chi connectivity index (χ2v) is 3.68. The van der Waals surface area contributed by atoms with Gasteiger partial charge in [-0.25, -0.2) is 9.18 Å². The minimum absolute atomic E-state index is 0.166. The highest BCUT2D eigenvalue weighted by Crippen LogP contribution is 2.19. The molecular weight excluding hydrogens is 223 g/mol. The maximum absolute atomic E-state index is 13.1. The van der Waals surface area contributed by atoms with E-state index in [2.05, 4.69) is 5.32 Å². The SMILES string of the molecule is CNC(=O)N(C)CCc1cc(F)ccc1OC. The van der Waals surface area contributed by atoms with Crippen LogP contribution in [-0.2, 0) is 6.42 Å². The van der Waals surface area contributed by atoms with Crippen molar-refractivity contribution in [3.05, 3.63) is 29.6 Å². The number of methoxy groups -OCH3 is 1. The van der Waals surface area contributed by atoms with E-state index in [1.807, 2.05) is 0 Å². The first kappa shape index (κ1) is 13.3. The van der Waals surface area contributed by atoms with Crippen molar-refractivity contribution in [3.8, 4) is 5.75 Å². The quantitative estimate of drug-likeness (QED) is 0.869. The van der Waals surface area contributed by atoms with Gasteiger partial charge in [-0.1, -0.05) is 0 Å². The van der Waals surface area contributed by atoms with Gasteiger partial charge in [-0.05, 0) is 30.2 Å². The molecule has 0 fully saturated rings. The molecule has 0 atom stereocenters. The van der Waals surface area contributed by atoms with E-state index in [1.54, 1.807) is 27.3 Å². The molecule has 0 aliphatic heterocycles. The summed E-state index contributed by atoms with van der Waals surface area (Å²) >= 11 is 0. The predicted molar refractivity (Wildman–Crippen MR) is 63.7 cm³/mol. The molecule has 1 aromatic carbocycles. The molecule has 0 radical (unpaired) electrons. The van der Waals surface area contributed by atoms with Gasteiger partial charge in [-0.3, -0.25) is 0 Å². The van der Waals surface area contributed by atoms with Crippen molar-refractivity contribution in [1.29, 1.82) is 0 Å². The normalized spacial score (nSPS) is 9.88. The molecule has 0 saturated carbocycles. The molecule has 2 amide bonds. The zero-order chi connectivity index (χ0) is 12.8. The lowest BCUT2D eigenvalue weighted by Gasteiger charge is -2.17. The Morgan fingerprint density at radius 3 is 2.82 bits per heavy atom. The number of hydrogen-bond acceptors (Lipinski definition) is 2. The second-order valence-electron chi connectivity index (χ2n) is 3.68. The average Bonchev–Trinajstić information content (AvgIpc) is 2.35. The Labute approximate surface area is 100 Å². The number of likely N-dealkylation sites (N-methyl/N-ethyl adjacent to an activating group) is 1. The van der Waals surface area contributed by atoms with Gasteiger partial charge in [0.05, 0.1) is 7.11 Å². The summed E-state index contributed by atoms with van der Waals surface area (Å²) in [7, 11) is 4.80. The van der Waals surface area contributed by atoms with Gasteiger partial charge in [0.15, 0.2) is 0 Å². The summed E-state index contributed by atoms with van der Waals surface area (Å²) in [6, 6.07) is 4.20. The van der Waals surface area contributed by atoms with Crippen LogP contribution in [0.1, 0.15) is 5.56 Å². The molecule has 1 aromatic rings. The van der Waals surface area contributed by atoms with Crippen LogP contribution >= 0.6 is 0 Å². The standard InChI is InChI=1S/C12H17FN2O2/c1-14-12(16)15(2)7-6-9-8-10(13)4-5-11(9)17-3/h4-5,8H,6-7H2,1-3H3,(H,14,16). The third-order valence-electron chi connectivity index (χ3n) is 2.52. The first-order valence-corrected chi connectivity index (χ1v) is 5.33. The summed E-state index contributed by atoms with van der Waals surface area (Å²) in [5, 5.41) is 2.52. The molecule has 0 unspecified atom stereocenters. The van der Waals surface area contributed by atoms with Crippen molar-refractivity contribution in [2.75, 3.05) is 27.7 Å². The Morgan fingerprint density at radius 1 is 1.53 bits per heavy atom. The van der Waals surface area contributed by atoms with E-state index in [-0.39, 0.29) is 11.8 Å². The summed E-state index contributed by atoms with van der Waals surface area (Å²) in [5.74, 6) is 0.333. The highest BCUT2D eigenvalue weighted by Gasteiger charge is 2.09. The van der Waals surface area contributed by atoms with E-state index in [9.17, 15) is 9.18 Å². The van der Waals surface area contributed by atoms with Crippen LogP contribution in [0.2, 0.25) is 0 Å². The predicted octanol–water partition coefficient (Wildman–Crippen LogP) is 1.65. The zero-order valence-electron chi connectivity index (χ0n) is 10.3. The fraction of sp³-hybridized carbons (Fsp3) is 0.417. The van der Waals surface area contributed by atoms with Crippen LogP contribution in [0.25, 0.3) is 0 Å². The van der Waals surface area contributed by atoms with Crippen LogP contribution in [-0.4, -0.2) is 38.7 Å². The Morgan fingerprint density at radius 2 is 2.24 bits per heavy atom. The smallest absolute Gasteiger partial charge is 0.316 e. The van der Waals surface area contributed by atoms with Gasteiger partial charge in [0, 0.05) is 20.6 Å². The van der Waals surface area contributed by atoms with E-state index >= 15 is 0 Å². The molecular formula is C12H17FN2O2. The molecule has 0 aliphatic carbocycles. The molecule has 0 heterocycles. The number of carbonyl (C=O) groups excluding carboxylic acids is 1. The van der Waals surface area contributed by atoms with Crippen molar-refractivity contribution in [1.82, 2.24) is 10.2 Å². The first-order valence-electron chi connectivity index (χ1n) is 5.33. The van der Waals surface area contributed by atoms with Gasteiger partial charge in [0.25, 0.3) is 0 Å². The van der Waals surface area contributed by atoms with Crippen molar-refractivity contribution in [2.45, 2.75) is 6.42 Å². The van der Waals surface area contributed by atoms with Gasteiger partial charge < -0.3 is 15.0 Å². The summed E-state index contributed by atoms with van der Waals surface area (Å²) in [5.41, 5.74) is 0.753. The Balaban J connectivity index is 2.68. The van der Waals surface area contributed by atoms with E-state index in [1.165, 1.54) is 17.0 Å². The summed E-state index contributed by atoms with van der Waals surface area (Å²) in [6.07, 6.45) is 0.546. The average molecular weight is 240 g/mol. The highest BCUT2D eigenvalue weighted by atomic mass is 19.1. The summed E-state index contributed by atoms with van der Waals surface area (Å²) < 4.78 is 18.2. The van der Waals surface area contributed by atoms with Crippen molar-refractivity contribution in [2.24, 2.45) is 0 Å². The highest BCUT2D eigenvalue weighted by molar-refractivity contribution is 5.73. The lowest BCUT2D eigenvalue weighted by atomic mass is 10.1. The monoisotopic (exact) mass is 240 g/mol. The van der Waals surface area contributed by atoms with E-state index in [0.717, 1.165) is 5.56 Å². The molecule has 1 N–H and O–H groups in total. The minimum Gasteiger partial charge on any atom is -0.496 e. The Hall–Kier alpha value is -1.78. The summed E-state index contributed by atoms with van der Waals surface area (Å²) in [6.45, 7) is 0.499.